The van der Waals surface area contributed by atoms with Crippen molar-refractivity contribution in [3.8, 4) is 0 Å². The molecule has 0 unspecified atom stereocenters. The van der Waals surface area contributed by atoms with Gasteiger partial charge in [-0.2, -0.15) is 0 Å². The Morgan fingerprint density at radius 3 is 1.85 bits per heavy atom. The van der Waals surface area contributed by atoms with Crippen LogP contribution in [-0.2, 0) is 0 Å². The number of hydrogen-bond donors (Lipinski definition) is 3. The summed E-state index contributed by atoms with van der Waals surface area (Å²) in [6.07, 6.45) is 0.756. The van der Waals surface area contributed by atoms with E-state index in [0.29, 0.717) is 0 Å². The average Bonchev–Trinajstić information content (AvgIpc) is 2.19. The molecule has 6 N–H and O–H groups in total. The van der Waals surface area contributed by atoms with Gasteiger partial charge < -0.3 is 17.2 Å². The first-order valence-corrected chi connectivity index (χ1v) is 4.48. The summed E-state index contributed by atoms with van der Waals surface area (Å²) in [6, 6.07) is 9.59. The van der Waals surface area contributed by atoms with Crippen LogP contribution >= 0.6 is 0 Å². The van der Waals surface area contributed by atoms with Gasteiger partial charge in [-0.25, -0.2) is 0 Å². The summed E-state index contributed by atoms with van der Waals surface area (Å²) in [4.78, 5) is 0. The SMILES string of the molecule is CCCN.NC(N)c1ccccc1. The lowest BCUT2D eigenvalue weighted by molar-refractivity contribution is 0.774. The van der Waals surface area contributed by atoms with Crippen molar-refractivity contribution in [2.75, 3.05) is 6.54 Å². The van der Waals surface area contributed by atoms with Crippen LogP contribution in [0.15, 0.2) is 30.3 Å². The highest BCUT2D eigenvalue weighted by Gasteiger charge is 1.93. The van der Waals surface area contributed by atoms with Gasteiger partial charge in [-0.05, 0) is 18.5 Å². The first kappa shape index (κ1) is 12.1. The molecule has 0 aromatic heterocycles. The molecule has 0 atom stereocenters. The van der Waals surface area contributed by atoms with Crippen LogP contribution in [0.1, 0.15) is 25.1 Å². The average molecular weight is 181 g/mol. The van der Waals surface area contributed by atoms with E-state index in [2.05, 4.69) is 6.92 Å². The highest BCUT2D eigenvalue weighted by molar-refractivity contribution is 5.16. The topological polar surface area (TPSA) is 78.1 Å². The summed E-state index contributed by atoms with van der Waals surface area (Å²) in [6.45, 7) is 2.88. The molecule has 1 aromatic rings. The molecule has 13 heavy (non-hydrogen) atoms. The van der Waals surface area contributed by atoms with Crippen LogP contribution in [0, 0.1) is 0 Å². The third-order valence-corrected chi connectivity index (χ3v) is 1.47. The zero-order valence-corrected chi connectivity index (χ0v) is 8.11. The van der Waals surface area contributed by atoms with Crippen LogP contribution in [-0.4, -0.2) is 6.54 Å². The molecule has 0 spiro atoms. The molecule has 1 rings (SSSR count). The second kappa shape index (κ2) is 7.73. The molecule has 0 aliphatic heterocycles. The van der Waals surface area contributed by atoms with E-state index < -0.39 is 0 Å². The Morgan fingerprint density at radius 1 is 1.15 bits per heavy atom. The van der Waals surface area contributed by atoms with Gasteiger partial charge in [0, 0.05) is 0 Å². The van der Waals surface area contributed by atoms with Gasteiger partial charge in [0.1, 0.15) is 0 Å². The Hall–Kier alpha value is -0.900. The second-order valence-electron chi connectivity index (χ2n) is 2.73. The lowest BCUT2D eigenvalue weighted by atomic mass is 10.2. The standard InChI is InChI=1S/C7H10N2.C3H9N/c8-7(9)6-4-2-1-3-5-6;1-2-3-4/h1-5,7H,8-9H2;2-4H2,1H3. The van der Waals surface area contributed by atoms with Gasteiger partial charge in [-0.15, -0.1) is 0 Å². The highest BCUT2D eigenvalue weighted by Crippen LogP contribution is 2.01. The van der Waals surface area contributed by atoms with E-state index >= 15 is 0 Å². The Bertz CT molecular complexity index is 195. The fourth-order valence-corrected chi connectivity index (χ4v) is 0.675. The van der Waals surface area contributed by atoms with E-state index in [1.807, 2.05) is 30.3 Å². The monoisotopic (exact) mass is 181 g/mol. The van der Waals surface area contributed by atoms with Crippen LogP contribution in [0.4, 0.5) is 0 Å². The summed E-state index contributed by atoms with van der Waals surface area (Å²) < 4.78 is 0. The fourth-order valence-electron chi connectivity index (χ4n) is 0.675. The van der Waals surface area contributed by atoms with Crippen molar-refractivity contribution >= 4 is 0 Å². The predicted octanol–water partition coefficient (Wildman–Crippen LogP) is 0.958. The molecule has 0 radical (unpaired) electrons. The number of rotatable bonds is 2. The number of nitrogens with two attached hydrogens (primary N) is 3. The van der Waals surface area contributed by atoms with Gasteiger partial charge in [0.25, 0.3) is 0 Å². The Balaban J connectivity index is 0.000000310. The maximum absolute atomic E-state index is 5.39. The molecular formula is C10H19N3. The zero-order valence-electron chi connectivity index (χ0n) is 8.11. The van der Waals surface area contributed by atoms with Crippen molar-refractivity contribution in [3.63, 3.8) is 0 Å². The van der Waals surface area contributed by atoms with Gasteiger partial charge in [0.05, 0.1) is 6.17 Å². The minimum Gasteiger partial charge on any atom is -0.330 e. The molecule has 3 nitrogen and oxygen atoms in total. The molecule has 0 saturated carbocycles. The smallest absolute Gasteiger partial charge is 0.0784 e. The molecule has 0 aliphatic rings. The van der Waals surface area contributed by atoms with E-state index in [1.54, 1.807) is 0 Å². The third-order valence-electron chi connectivity index (χ3n) is 1.47. The normalized spacial score (nSPS) is 9.31. The van der Waals surface area contributed by atoms with Gasteiger partial charge in [-0.3, -0.25) is 0 Å². The summed E-state index contributed by atoms with van der Waals surface area (Å²) in [5.74, 6) is 0. The zero-order chi connectivity index (χ0) is 10.1. The Labute approximate surface area is 79.9 Å². The molecule has 1 aromatic carbocycles. The van der Waals surface area contributed by atoms with Crippen LogP contribution in [0.2, 0.25) is 0 Å². The highest BCUT2D eigenvalue weighted by atomic mass is 14.8. The summed E-state index contributed by atoms with van der Waals surface area (Å²) in [5.41, 5.74) is 16.8. The second-order valence-corrected chi connectivity index (χ2v) is 2.73. The summed E-state index contributed by atoms with van der Waals surface area (Å²) in [5, 5.41) is 0. The van der Waals surface area contributed by atoms with E-state index in [0.717, 1.165) is 18.5 Å². The molecule has 0 fully saturated rings. The van der Waals surface area contributed by atoms with E-state index in [-0.39, 0.29) is 6.17 Å². The fraction of sp³-hybridized carbons (Fsp3) is 0.400. The maximum Gasteiger partial charge on any atom is 0.0784 e. The van der Waals surface area contributed by atoms with Crippen LogP contribution in [0.5, 0.6) is 0 Å². The largest absolute Gasteiger partial charge is 0.330 e. The molecular weight excluding hydrogens is 162 g/mol. The summed E-state index contributed by atoms with van der Waals surface area (Å²) >= 11 is 0. The molecule has 74 valence electrons. The van der Waals surface area contributed by atoms with E-state index in [4.69, 9.17) is 17.2 Å². The number of benzene rings is 1. The van der Waals surface area contributed by atoms with E-state index in [1.165, 1.54) is 0 Å². The van der Waals surface area contributed by atoms with Crippen molar-refractivity contribution in [2.45, 2.75) is 19.5 Å². The Morgan fingerprint density at radius 2 is 1.62 bits per heavy atom. The number of hydrogen-bond acceptors (Lipinski definition) is 3. The van der Waals surface area contributed by atoms with Gasteiger partial charge in [0.2, 0.25) is 0 Å². The first-order chi connectivity index (χ1) is 6.22. The molecule has 0 heterocycles. The lowest BCUT2D eigenvalue weighted by Gasteiger charge is -2.02. The minimum atomic E-state index is -0.341. The molecule has 0 bridgehead atoms. The molecule has 3 heteroatoms. The quantitative estimate of drug-likeness (QED) is 0.595. The Kier molecular flexibility index (Phi) is 7.20. The van der Waals surface area contributed by atoms with Crippen molar-refractivity contribution in [2.24, 2.45) is 17.2 Å². The van der Waals surface area contributed by atoms with Crippen LogP contribution in [0.3, 0.4) is 0 Å². The van der Waals surface area contributed by atoms with Crippen molar-refractivity contribution in [1.29, 1.82) is 0 Å². The van der Waals surface area contributed by atoms with Gasteiger partial charge in [-0.1, -0.05) is 37.3 Å². The predicted molar refractivity (Wildman–Crippen MR) is 56.9 cm³/mol. The van der Waals surface area contributed by atoms with Crippen molar-refractivity contribution in [1.82, 2.24) is 0 Å². The summed E-state index contributed by atoms with van der Waals surface area (Å²) in [7, 11) is 0. The van der Waals surface area contributed by atoms with Crippen LogP contribution < -0.4 is 17.2 Å². The molecule has 0 aliphatic carbocycles. The first-order valence-electron chi connectivity index (χ1n) is 4.48. The van der Waals surface area contributed by atoms with Gasteiger partial charge in [0.15, 0.2) is 0 Å². The molecule has 0 amide bonds. The molecule has 0 saturated heterocycles. The van der Waals surface area contributed by atoms with Gasteiger partial charge >= 0.3 is 0 Å². The minimum absolute atomic E-state index is 0.341. The van der Waals surface area contributed by atoms with Crippen molar-refractivity contribution in [3.05, 3.63) is 35.9 Å². The van der Waals surface area contributed by atoms with E-state index in [9.17, 15) is 0 Å². The lowest BCUT2D eigenvalue weighted by Crippen LogP contribution is -2.19. The van der Waals surface area contributed by atoms with Crippen molar-refractivity contribution < 1.29 is 0 Å². The third kappa shape index (κ3) is 6.28. The van der Waals surface area contributed by atoms with Crippen LogP contribution in [0.25, 0.3) is 0 Å². The maximum atomic E-state index is 5.39.